The standard InChI is InChI=1S/C17H14O4/c1-2-14(20)16-13-8-7-12(19)9-15(13)21-17(16)10-3-5-11(18)6-4-10/h3-9,18-19H,2H2,1H3. The first kappa shape index (κ1) is 13.2. The van der Waals surface area contributed by atoms with Gasteiger partial charge in [-0.05, 0) is 36.4 Å². The molecule has 4 nitrogen and oxygen atoms in total. The van der Waals surface area contributed by atoms with Gasteiger partial charge >= 0.3 is 0 Å². The van der Waals surface area contributed by atoms with Crippen LogP contribution in [0.4, 0.5) is 0 Å². The number of Topliss-reactive ketones (excluding diaryl/α,β-unsaturated/α-hetero) is 1. The molecule has 0 atom stereocenters. The first-order valence-electron chi connectivity index (χ1n) is 6.68. The molecule has 0 spiro atoms. The SMILES string of the molecule is CCC(=O)c1c(-c2ccc(O)cc2)oc2cc(O)ccc12. The normalized spacial score (nSPS) is 10.9. The number of furan rings is 1. The van der Waals surface area contributed by atoms with E-state index in [2.05, 4.69) is 0 Å². The number of fused-ring (bicyclic) bond motifs is 1. The summed E-state index contributed by atoms with van der Waals surface area (Å²) >= 11 is 0. The number of carbonyl (C=O) groups is 1. The largest absolute Gasteiger partial charge is 0.508 e. The van der Waals surface area contributed by atoms with Crippen molar-refractivity contribution in [1.29, 1.82) is 0 Å². The highest BCUT2D eigenvalue weighted by Crippen LogP contribution is 2.36. The van der Waals surface area contributed by atoms with Gasteiger partial charge in [0, 0.05) is 23.4 Å². The average Bonchev–Trinajstić information content (AvgIpc) is 2.85. The van der Waals surface area contributed by atoms with E-state index in [1.165, 1.54) is 12.1 Å². The van der Waals surface area contributed by atoms with Gasteiger partial charge in [0.1, 0.15) is 22.8 Å². The van der Waals surface area contributed by atoms with Crippen molar-refractivity contribution >= 4 is 16.8 Å². The van der Waals surface area contributed by atoms with Crippen molar-refractivity contribution in [3.8, 4) is 22.8 Å². The second-order valence-electron chi connectivity index (χ2n) is 4.81. The van der Waals surface area contributed by atoms with E-state index in [-0.39, 0.29) is 17.3 Å². The average molecular weight is 282 g/mol. The zero-order chi connectivity index (χ0) is 15.0. The number of ketones is 1. The van der Waals surface area contributed by atoms with Gasteiger partial charge in [0.15, 0.2) is 5.78 Å². The molecule has 0 unspecified atom stereocenters. The third-order valence-electron chi connectivity index (χ3n) is 3.40. The van der Waals surface area contributed by atoms with Crippen LogP contribution in [0.2, 0.25) is 0 Å². The minimum atomic E-state index is -0.0254. The van der Waals surface area contributed by atoms with Crippen molar-refractivity contribution in [2.75, 3.05) is 0 Å². The highest BCUT2D eigenvalue weighted by Gasteiger charge is 2.21. The highest BCUT2D eigenvalue weighted by atomic mass is 16.3. The molecule has 0 saturated carbocycles. The molecule has 0 bridgehead atoms. The van der Waals surface area contributed by atoms with E-state index >= 15 is 0 Å². The predicted octanol–water partition coefficient (Wildman–Crippen LogP) is 4.10. The fraction of sp³-hybridized carbons (Fsp3) is 0.118. The van der Waals surface area contributed by atoms with Crippen LogP contribution >= 0.6 is 0 Å². The molecular formula is C17H14O4. The molecule has 106 valence electrons. The van der Waals surface area contributed by atoms with Crippen LogP contribution in [0.5, 0.6) is 11.5 Å². The molecule has 3 aromatic rings. The van der Waals surface area contributed by atoms with E-state index < -0.39 is 0 Å². The van der Waals surface area contributed by atoms with E-state index in [9.17, 15) is 15.0 Å². The first-order chi connectivity index (χ1) is 10.1. The van der Waals surface area contributed by atoms with Gasteiger partial charge in [-0.2, -0.15) is 0 Å². The Hall–Kier alpha value is -2.75. The Morgan fingerprint density at radius 2 is 1.71 bits per heavy atom. The van der Waals surface area contributed by atoms with Gasteiger partial charge in [-0.15, -0.1) is 0 Å². The summed E-state index contributed by atoms with van der Waals surface area (Å²) < 4.78 is 5.77. The van der Waals surface area contributed by atoms with Crippen LogP contribution < -0.4 is 0 Å². The number of benzene rings is 2. The molecule has 1 aromatic heterocycles. The second-order valence-corrected chi connectivity index (χ2v) is 4.81. The second kappa shape index (κ2) is 4.98. The van der Waals surface area contributed by atoms with Crippen LogP contribution in [-0.2, 0) is 0 Å². The van der Waals surface area contributed by atoms with Crippen molar-refractivity contribution in [2.45, 2.75) is 13.3 Å². The van der Waals surface area contributed by atoms with Crippen molar-refractivity contribution in [3.05, 3.63) is 48.0 Å². The Balaban J connectivity index is 2.30. The Morgan fingerprint density at radius 3 is 2.38 bits per heavy atom. The monoisotopic (exact) mass is 282 g/mol. The number of phenolic OH excluding ortho intramolecular Hbond substituents is 2. The minimum Gasteiger partial charge on any atom is -0.508 e. The summed E-state index contributed by atoms with van der Waals surface area (Å²) in [6.45, 7) is 1.79. The summed E-state index contributed by atoms with van der Waals surface area (Å²) in [5, 5.41) is 19.6. The Labute approximate surface area is 121 Å². The van der Waals surface area contributed by atoms with Crippen LogP contribution in [0.25, 0.3) is 22.3 Å². The van der Waals surface area contributed by atoms with E-state index in [0.29, 0.717) is 34.3 Å². The summed E-state index contributed by atoms with van der Waals surface area (Å²) in [4.78, 5) is 12.3. The Bertz CT molecular complexity index is 813. The van der Waals surface area contributed by atoms with Gasteiger partial charge in [-0.1, -0.05) is 6.92 Å². The molecule has 3 rings (SSSR count). The van der Waals surface area contributed by atoms with E-state index in [0.717, 1.165) is 0 Å². The molecule has 2 aromatic carbocycles. The van der Waals surface area contributed by atoms with Crippen molar-refractivity contribution in [2.24, 2.45) is 0 Å². The van der Waals surface area contributed by atoms with Crippen LogP contribution in [-0.4, -0.2) is 16.0 Å². The summed E-state index contributed by atoms with van der Waals surface area (Å²) in [6, 6.07) is 11.2. The molecule has 0 aliphatic rings. The summed E-state index contributed by atoms with van der Waals surface area (Å²) in [5.74, 6) is 0.671. The molecule has 0 radical (unpaired) electrons. The molecule has 0 aliphatic heterocycles. The molecule has 1 heterocycles. The number of hydrogen-bond donors (Lipinski definition) is 2. The smallest absolute Gasteiger partial charge is 0.167 e. The van der Waals surface area contributed by atoms with Crippen LogP contribution in [0.3, 0.4) is 0 Å². The molecule has 0 fully saturated rings. The highest BCUT2D eigenvalue weighted by molar-refractivity contribution is 6.12. The summed E-state index contributed by atoms with van der Waals surface area (Å²) in [5.41, 5.74) is 1.69. The number of hydrogen-bond acceptors (Lipinski definition) is 4. The van der Waals surface area contributed by atoms with Gasteiger partial charge in [0.2, 0.25) is 0 Å². The maximum absolute atomic E-state index is 12.3. The van der Waals surface area contributed by atoms with Gasteiger partial charge in [-0.25, -0.2) is 0 Å². The third-order valence-corrected chi connectivity index (χ3v) is 3.40. The van der Waals surface area contributed by atoms with Crippen molar-refractivity contribution in [1.82, 2.24) is 0 Å². The zero-order valence-corrected chi connectivity index (χ0v) is 11.5. The number of carbonyl (C=O) groups excluding carboxylic acids is 1. The quantitative estimate of drug-likeness (QED) is 0.709. The van der Waals surface area contributed by atoms with Crippen molar-refractivity contribution in [3.63, 3.8) is 0 Å². The minimum absolute atomic E-state index is 0.0254. The summed E-state index contributed by atoms with van der Waals surface area (Å²) in [7, 11) is 0. The van der Waals surface area contributed by atoms with Gasteiger partial charge in [-0.3, -0.25) is 4.79 Å². The topological polar surface area (TPSA) is 70.7 Å². The lowest BCUT2D eigenvalue weighted by Gasteiger charge is -2.01. The molecule has 2 N–H and O–H groups in total. The molecule has 4 heteroatoms. The predicted molar refractivity (Wildman–Crippen MR) is 79.6 cm³/mol. The third kappa shape index (κ3) is 2.25. The number of aromatic hydroxyl groups is 2. The van der Waals surface area contributed by atoms with Gasteiger partial charge in [0.05, 0.1) is 5.56 Å². The lowest BCUT2D eigenvalue weighted by molar-refractivity contribution is 0.0989. The van der Waals surface area contributed by atoms with Gasteiger partial charge < -0.3 is 14.6 Å². The first-order valence-corrected chi connectivity index (χ1v) is 6.68. The van der Waals surface area contributed by atoms with Crippen LogP contribution in [0, 0.1) is 0 Å². The Kier molecular flexibility index (Phi) is 3.14. The fourth-order valence-electron chi connectivity index (χ4n) is 2.35. The molecule has 0 amide bonds. The summed E-state index contributed by atoms with van der Waals surface area (Å²) in [6.07, 6.45) is 0.362. The van der Waals surface area contributed by atoms with Crippen LogP contribution in [0.15, 0.2) is 46.9 Å². The lowest BCUT2D eigenvalue weighted by Crippen LogP contribution is -1.97. The Morgan fingerprint density at radius 1 is 1.05 bits per heavy atom. The van der Waals surface area contributed by atoms with Gasteiger partial charge in [0.25, 0.3) is 0 Å². The van der Waals surface area contributed by atoms with E-state index in [1.807, 2.05) is 0 Å². The zero-order valence-electron chi connectivity index (χ0n) is 11.5. The lowest BCUT2D eigenvalue weighted by atomic mass is 10.0. The number of rotatable bonds is 3. The number of phenols is 2. The molecule has 21 heavy (non-hydrogen) atoms. The van der Waals surface area contributed by atoms with E-state index in [4.69, 9.17) is 4.42 Å². The maximum atomic E-state index is 12.3. The van der Waals surface area contributed by atoms with Crippen LogP contribution in [0.1, 0.15) is 23.7 Å². The maximum Gasteiger partial charge on any atom is 0.167 e. The molecule has 0 aliphatic carbocycles. The van der Waals surface area contributed by atoms with Crippen molar-refractivity contribution < 1.29 is 19.4 Å². The molecule has 0 saturated heterocycles. The van der Waals surface area contributed by atoms with E-state index in [1.54, 1.807) is 37.3 Å². The fourth-order valence-corrected chi connectivity index (χ4v) is 2.35. The molecular weight excluding hydrogens is 268 g/mol.